The minimum absolute atomic E-state index is 0.101. The Bertz CT molecular complexity index is 2830. The van der Waals surface area contributed by atoms with Crippen LogP contribution in [0.3, 0.4) is 0 Å². The summed E-state index contributed by atoms with van der Waals surface area (Å²) >= 11 is 0. The first-order chi connectivity index (χ1) is 46.7. The highest BCUT2D eigenvalue weighted by atomic mass is 16.7. The van der Waals surface area contributed by atoms with Gasteiger partial charge in [0, 0.05) is 55.8 Å². The first-order valence-corrected chi connectivity index (χ1v) is 35.6. The van der Waals surface area contributed by atoms with E-state index < -0.39 is 173 Å². The largest absolute Gasteiger partial charge is 0.467 e. The number of ether oxygens (including phenoxy) is 4. The molecule has 1 rings (SSSR count). The van der Waals surface area contributed by atoms with Gasteiger partial charge in [-0.25, -0.2) is 14.7 Å². The molecule has 1 saturated heterocycles. The molecule has 0 aliphatic carbocycles. The lowest BCUT2D eigenvalue weighted by Crippen LogP contribution is -2.71. The highest BCUT2D eigenvalue weighted by Gasteiger charge is 2.54. The molecule has 14 atom stereocenters. The van der Waals surface area contributed by atoms with Gasteiger partial charge >= 0.3 is 18.0 Å². The van der Waals surface area contributed by atoms with Crippen LogP contribution >= 0.6 is 0 Å². The number of hydrogen-bond acceptors (Lipinski definition) is 18. The second-order valence-electron chi connectivity index (χ2n) is 29.9. The smallest absolute Gasteiger partial charge is 0.410 e. The van der Waals surface area contributed by atoms with E-state index in [9.17, 15) is 52.7 Å². The van der Waals surface area contributed by atoms with Gasteiger partial charge in [0.1, 0.15) is 72.1 Å². The average molecular weight is 1430 g/mol. The Morgan fingerprint density at radius 3 is 1.51 bits per heavy atom. The van der Waals surface area contributed by atoms with Gasteiger partial charge in [-0.05, 0) is 136 Å². The van der Waals surface area contributed by atoms with Crippen LogP contribution in [-0.4, -0.2) is 258 Å². The Kier molecular flexibility index (Phi) is 38.3. The zero-order valence-corrected chi connectivity index (χ0v) is 66.0. The van der Waals surface area contributed by atoms with Gasteiger partial charge in [-0.1, -0.05) is 95.2 Å². The van der Waals surface area contributed by atoms with Gasteiger partial charge in [0.2, 0.25) is 53.2 Å². The summed E-state index contributed by atoms with van der Waals surface area (Å²) in [4.78, 5) is 196. The number of likely N-dealkylation sites (N-methyl/N-ethyl adjacent to an activating group) is 6. The molecule has 0 aromatic heterocycles. The maximum atomic E-state index is 15.1. The molecule has 101 heavy (non-hydrogen) atoms. The van der Waals surface area contributed by atoms with Crippen LogP contribution < -0.4 is 21.3 Å². The third kappa shape index (κ3) is 27.4. The van der Waals surface area contributed by atoms with Crippen molar-refractivity contribution >= 4 is 77.1 Å². The SMILES string of the molecule is C/C=C/C[C@@H](C)[C@H]1ON(C(=O)[C@H](C(C)C)N(C)C(=O)[C@H](CC(C)C)N(C)C(=O)[C@H](CC(C)C)N(C)C(=O)[C@@H](C)NC(=O)[C@H](C)NC(=O)[C@@H](CC(C)C)N(C)C(=O)[C@@H](NC(=O)[C@H]([C@H](C)OCCCCOC(C)=O)N(C)C(=O)[C@@H](C)N(C)C(=O)OC(C)(C)C)C(C)C)[C@@H]1C(=O)N[C@@H](CC)C(=O)OC. The van der Waals surface area contributed by atoms with Crippen LogP contribution in [0.25, 0.3) is 0 Å². The summed E-state index contributed by atoms with van der Waals surface area (Å²) in [5, 5.41) is 11.9. The number of unbranched alkanes of at least 4 members (excludes halogenated alkanes) is 1. The van der Waals surface area contributed by atoms with Gasteiger partial charge in [0.15, 0.2) is 6.04 Å². The number of allylic oxidation sites excluding steroid dienone is 2. The van der Waals surface area contributed by atoms with E-state index in [0.29, 0.717) is 19.3 Å². The van der Waals surface area contributed by atoms with Gasteiger partial charge in [-0.2, -0.15) is 0 Å². The number of nitrogens with one attached hydrogen (secondary N) is 4. The molecule has 11 amide bonds. The lowest BCUT2D eigenvalue weighted by molar-refractivity contribution is -0.321. The topological polar surface area (TPSA) is 339 Å². The molecule has 1 aliphatic heterocycles. The molecule has 0 bridgehead atoms. The lowest BCUT2D eigenvalue weighted by Gasteiger charge is -2.50. The molecule has 0 unspecified atom stereocenters. The number of nitrogens with zero attached hydrogens (tertiary/aromatic N) is 7. The molecule has 0 saturated carbocycles. The molecule has 0 aromatic rings. The number of rotatable bonds is 40. The fourth-order valence-electron chi connectivity index (χ4n) is 11.8. The zero-order valence-electron chi connectivity index (χ0n) is 66.0. The molecule has 0 spiro atoms. The number of methoxy groups -OCH3 is 1. The van der Waals surface area contributed by atoms with E-state index in [2.05, 4.69) is 21.3 Å². The standard InChI is InChI=1S/C72H127N11O18/c1-29-31-34-45(13)59-58(63(88)75-51(30-2)70(95)97-28)83(101-59)69(94)56(44(11)12)81(26)67(92)54(39-42(7)8)80(25)66(91)53(38-41(5)6)79(24)64(89)47(15)74-60(85)46(14)73-61(86)52(37-40(3)4)78(23)68(93)55(43(9)10)76-62(87)57(49(17)98-35-32-33-36-99-50(18)84)82(27)65(90)48(16)77(22)71(96)100-72(19,20)21/h29,31,40-49,51-59H,30,32-39H2,1-28H3,(H,73,86)(H,74,85)(H,75,88)(H,76,87)/b31-29+/t45-,46+,47-,48-,49+,51+,52-,53+,54+,55+,56+,57+,58+,59-/m1/s1. The van der Waals surface area contributed by atoms with Crippen molar-refractivity contribution in [2.75, 3.05) is 62.6 Å². The van der Waals surface area contributed by atoms with E-state index in [1.165, 1.54) is 96.7 Å². The van der Waals surface area contributed by atoms with Crippen LogP contribution in [0.4, 0.5) is 4.79 Å². The first kappa shape index (κ1) is 91.6. The predicted molar refractivity (Wildman–Crippen MR) is 381 cm³/mol. The van der Waals surface area contributed by atoms with E-state index >= 15 is 9.59 Å². The minimum atomic E-state index is -1.37. The third-order valence-electron chi connectivity index (χ3n) is 17.9. The van der Waals surface area contributed by atoms with Crippen molar-refractivity contribution in [3.63, 3.8) is 0 Å². The average Bonchev–Trinajstić information content (AvgIpc) is 0.755. The Labute approximate surface area is 601 Å². The maximum absolute atomic E-state index is 15.1. The Morgan fingerprint density at radius 2 is 1.04 bits per heavy atom. The summed E-state index contributed by atoms with van der Waals surface area (Å²) in [5.41, 5.74) is -0.873. The predicted octanol–water partition coefficient (Wildman–Crippen LogP) is 5.25. The molecule has 1 heterocycles. The lowest BCUT2D eigenvalue weighted by atomic mass is 9.90. The van der Waals surface area contributed by atoms with Crippen molar-refractivity contribution in [3.8, 4) is 0 Å². The van der Waals surface area contributed by atoms with E-state index in [0.717, 1.165) is 14.9 Å². The summed E-state index contributed by atoms with van der Waals surface area (Å²) in [5.74, 6) is -9.80. The number of hydroxylamine groups is 2. The van der Waals surface area contributed by atoms with Crippen molar-refractivity contribution in [3.05, 3.63) is 12.2 Å². The van der Waals surface area contributed by atoms with Crippen molar-refractivity contribution in [2.45, 2.75) is 275 Å². The fourth-order valence-corrected chi connectivity index (χ4v) is 11.8. The zero-order chi connectivity index (χ0) is 78.2. The molecule has 29 heteroatoms. The summed E-state index contributed by atoms with van der Waals surface area (Å²) in [6.07, 6.45) is 3.23. The minimum Gasteiger partial charge on any atom is -0.467 e. The fraction of sp³-hybridized carbons (Fsp3) is 0.792. The molecule has 1 aliphatic rings. The Balaban J connectivity index is 3.58. The Morgan fingerprint density at radius 1 is 0.554 bits per heavy atom. The van der Waals surface area contributed by atoms with Crippen LogP contribution in [0.1, 0.15) is 190 Å². The van der Waals surface area contributed by atoms with Crippen LogP contribution in [-0.2, 0) is 81.3 Å². The summed E-state index contributed by atoms with van der Waals surface area (Å²) in [6.45, 7) is 35.9. The first-order valence-electron chi connectivity index (χ1n) is 35.6. The Hall–Kier alpha value is -7.43. The number of carbonyl (C=O) groups excluding carboxylic acids is 13. The molecule has 4 N–H and O–H groups in total. The van der Waals surface area contributed by atoms with E-state index in [-0.39, 0.29) is 62.6 Å². The van der Waals surface area contributed by atoms with Gasteiger partial charge in [-0.15, -0.1) is 0 Å². The summed E-state index contributed by atoms with van der Waals surface area (Å²) in [7, 11) is 9.71. The molecular formula is C72H127N11O18. The number of carbonyl (C=O) groups is 13. The van der Waals surface area contributed by atoms with Gasteiger partial charge in [0.05, 0.1) is 19.8 Å². The van der Waals surface area contributed by atoms with Crippen LogP contribution in [0, 0.1) is 35.5 Å². The van der Waals surface area contributed by atoms with Gasteiger partial charge in [-0.3, -0.25) is 62.5 Å². The van der Waals surface area contributed by atoms with Gasteiger partial charge in [0.25, 0.3) is 5.91 Å². The van der Waals surface area contributed by atoms with E-state index in [1.807, 2.05) is 67.5 Å². The second-order valence-corrected chi connectivity index (χ2v) is 29.9. The van der Waals surface area contributed by atoms with Crippen LogP contribution in [0.5, 0.6) is 0 Å². The molecular weight excluding hydrogens is 1310 g/mol. The molecule has 578 valence electrons. The molecule has 29 nitrogen and oxygen atoms in total. The monoisotopic (exact) mass is 1430 g/mol. The van der Waals surface area contributed by atoms with E-state index in [1.54, 1.807) is 62.3 Å². The van der Waals surface area contributed by atoms with Crippen LogP contribution in [0.15, 0.2) is 12.2 Å². The number of amides is 11. The molecule has 0 radical (unpaired) electrons. The summed E-state index contributed by atoms with van der Waals surface area (Å²) < 4.78 is 21.5. The normalized spacial score (nSPS) is 17.5. The van der Waals surface area contributed by atoms with Crippen molar-refractivity contribution in [2.24, 2.45) is 35.5 Å². The number of esters is 2. The van der Waals surface area contributed by atoms with E-state index in [4.69, 9.17) is 23.8 Å². The van der Waals surface area contributed by atoms with Crippen molar-refractivity contribution in [1.82, 2.24) is 55.7 Å². The summed E-state index contributed by atoms with van der Waals surface area (Å²) in [6, 6.07) is -13.2. The molecule has 1 fully saturated rings. The third-order valence-corrected chi connectivity index (χ3v) is 17.9. The maximum Gasteiger partial charge on any atom is 0.410 e. The van der Waals surface area contributed by atoms with Crippen LogP contribution in [0.2, 0.25) is 0 Å². The highest BCUT2D eigenvalue weighted by Crippen LogP contribution is 2.34. The van der Waals surface area contributed by atoms with Crippen molar-refractivity contribution in [1.29, 1.82) is 0 Å². The molecule has 0 aromatic carbocycles. The number of hydrogen-bond donors (Lipinski definition) is 4. The quantitative estimate of drug-likeness (QED) is 0.0263. The van der Waals surface area contributed by atoms with Crippen molar-refractivity contribution < 1.29 is 86.1 Å². The highest BCUT2D eigenvalue weighted by molar-refractivity contribution is 5.99. The van der Waals surface area contributed by atoms with Gasteiger partial charge < -0.3 is 64.7 Å². The second kappa shape index (κ2) is 42.2.